The predicted molar refractivity (Wildman–Crippen MR) is 131 cm³/mol. The van der Waals surface area contributed by atoms with Crippen molar-refractivity contribution in [3.05, 3.63) is 107 Å². The van der Waals surface area contributed by atoms with E-state index in [0.29, 0.717) is 5.78 Å². The number of rotatable bonds is 2. The zero-order valence-corrected chi connectivity index (χ0v) is 17.9. The van der Waals surface area contributed by atoms with Gasteiger partial charge in [0.2, 0.25) is 5.78 Å². The molecule has 0 atom stereocenters. The van der Waals surface area contributed by atoms with Crippen molar-refractivity contribution in [2.24, 2.45) is 7.05 Å². The molecule has 0 saturated heterocycles. The summed E-state index contributed by atoms with van der Waals surface area (Å²) < 4.78 is 3.72. The van der Waals surface area contributed by atoms with Gasteiger partial charge in [-0.1, -0.05) is 78.9 Å². The van der Waals surface area contributed by atoms with E-state index in [2.05, 4.69) is 54.6 Å². The van der Waals surface area contributed by atoms with Gasteiger partial charge in [0.25, 0.3) is 5.56 Å². The minimum absolute atomic E-state index is 0.0715. The predicted octanol–water partition coefficient (Wildman–Crippen LogP) is 5.98. The zero-order valence-electron chi connectivity index (χ0n) is 17.9. The number of hydrogen-bond acceptors (Lipinski definition) is 2. The van der Waals surface area contributed by atoms with Gasteiger partial charge in [-0.2, -0.15) is 0 Å². The first-order valence-corrected chi connectivity index (χ1v) is 10.7. The number of aryl methyl sites for hydroxylation is 2. The van der Waals surface area contributed by atoms with Crippen LogP contribution in [0.1, 0.15) is 5.69 Å². The number of benzene rings is 4. The fourth-order valence-electron chi connectivity index (χ4n) is 4.65. The Labute approximate surface area is 185 Å². The molecule has 2 aromatic heterocycles. The molecule has 0 amide bonds. The third-order valence-electron chi connectivity index (χ3n) is 6.30. The van der Waals surface area contributed by atoms with Crippen molar-refractivity contribution in [2.45, 2.75) is 6.92 Å². The van der Waals surface area contributed by atoms with Gasteiger partial charge in [0, 0.05) is 29.9 Å². The quantitative estimate of drug-likeness (QED) is 0.326. The van der Waals surface area contributed by atoms with Crippen molar-refractivity contribution in [2.75, 3.05) is 0 Å². The van der Waals surface area contributed by atoms with E-state index in [1.165, 1.54) is 0 Å². The van der Waals surface area contributed by atoms with Gasteiger partial charge in [0.15, 0.2) is 0 Å². The van der Waals surface area contributed by atoms with Crippen molar-refractivity contribution in [3.63, 3.8) is 0 Å². The van der Waals surface area contributed by atoms with Crippen LogP contribution in [-0.4, -0.2) is 14.0 Å². The van der Waals surface area contributed by atoms with Gasteiger partial charge in [-0.25, -0.2) is 9.38 Å². The summed E-state index contributed by atoms with van der Waals surface area (Å²) in [6, 6.07) is 30.7. The van der Waals surface area contributed by atoms with Gasteiger partial charge >= 0.3 is 0 Å². The zero-order chi connectivity index (χ0) is 21.8. The molecule has 0 saturated carbocycles. The van der Waals surface area contributed by atoms with Crippen LogP contribution in [0.15, 0.2) is 95.8 Å². The second kappa shape index (κ2) is 6.92. The molecule has 32 heavy (non-hydrogen) atoms. The summed E-state index contributed by atoms with van der Waals surface area (Å²) in [5.74, 6) is 0.640. The largest absolute Gasteiger partial charge is 0.319 e. The van der Waals surface area contributed by atoms with E-state index in [4.69, 9.17) is 4.98 Å². The molecule has 0 bridgehead atoms. The summed E-state index contributed by atoms with van der Waals surface area (Å²) >= 11 is 0. The molecule has 2 heterocycles. The van der Waals surface area contributed by atoms with E-state index >= 15 is 0 Å². The molecule has 4 aromatic carbocycles. The molecular formula is C28H21N3O. The van der Waals surface area contributed by atoms with Crippen LogP contribution in [0.25, 0.3) is 49.8 Å². The Morgan fingerprint density at radius 2 is 1.34 bits per heavy atom. The molecule has 0 fully saturated rings. The Bertz CT molecular complexity index is 1650. The molecule has 4 nitrogen and oxygen atoms in total. The van der Waals surface area contributed by atoms with Gasteiger partial charge in [0.1, 0.15) is 5.69 Å². The Kier molecular flexibility index (Phi) is 4.02. The third kappa shape index (κ3) is 2.63. The normalized spacial score (nSPS) is 11.6. The van der Waals surface area contributed by atoms with Crippen LogP contribution in [0.4, 0.5) is 0 Å². The molecule has 6 aromatic rings. The summed E-state index contributed by atoms with van der Waals surface area (Å²) in [7, 11) is 1.96. The smallest absolute Gasteiger partial charge is 0.259 e. The van der Waals surface area contributed by atoms with Crippen LogP contribution in [0.3, 0.4) is 0 Å². The summed E-state index contributed by atoms with van der Waals surface area (Å²) in [6.45, 7) is 1.94. The van der Waals surface area contributed by atoms with E-state index in [0.717, 1.165) is 49.8 Å². The van der Waals surface area contributed by atoms with Crippen molar-refractivity contribution >= 4 is 27.3 Å². The molecule has 0 unspecified atom stereocenters. The number of fused-ring (bicyclic) bond motifs is 3. The Morgan fingerprint density at radius 3 is 2.00 bits per heavy atom. The first kappa shape index (κ1) is 18.6. The van der Waals surface area contributed by atoms with Crippen molar-refractivity contribution in [3.8, 4) is 22.5 Å². The fraction of sp³-hybridized carbons (Fsp3) is 0.0714. The Balaban J connectivity index is 1.88. The van der Waals surface area contributed by atoms with E-state index in [-0.39, 0.29) is 5.56 Å². The summed E-state index contributed by atoms with van der Waals surface area (Å²) in [6.07, 6.45) is 0. The van der Waals surface area contributed by atoms with E-state index in [1.54, 1.807) is 10.5 Å². The maximum atomic E-state index is 13.2. The van der Waals surface area contributed by atoms with Gasteiger partial charge in [-0.05, 0) is 34.5 Å². The first-order valence-electron chi connectivity index (χ1n) is 10.7. The summed E-state index contributed by atoms with van der Waals surface area (Å²) in [5.41, 5.74) is 4.47. The SMILES string of the molecule is Cc1cc(=O)n2c(-c3ccccc3)c(-c3c4ccccc4cc4ccccc34)nc2n1C. The lowest BCUT2D eigenvalue weighted by atomic mass is 9.93. The van der Waals surface area contributed by atoms with E-state index in [1.807, 2.05) is 48.9 Å². The highest BCUT2D eigenvalue weighted by Gasteiger charge is 2.22. The van der Waals surface area contributed by atoms with Crippen LogP contribution in [0, 0.1) is 6.92 Å². The highest BCUT2D eigenvalue weighted by atomic mass is 16.1. The average Bonchev–Trinajstić information content (AvgIpc) is 3.22. The van der Waals surface area contributed by atoms with Gasteiger partial charge in [-0.3, -0.25) is 4.79 Å². The van der Waals surface area contributed by atoms with Crippen LogP contribution in [0.5, 0.6) is 0 Å². The topological polar surface area (TPSA) is 39.3 Å². The van der Waals surface area contributed by atoms with Crippen molar-refractivity contribution in [1.29, 1.82) is 0 Å². The third-order valence-corrected chi connectivity index (χ3v) is 6.30. The highest BCUT2D eigenvalue weighted by molar-refractivity contribution is 6.13. The maximum absolute atomic E-state index is 13.2. The van der Waals surface area contributed by atoms with Crippen LogP contribution in [-0.2, 0) is 7.05 Å². The lowest BCUT2D eigenvalue weighted by Gasteiger charge is -2.12. The molecular weight excluding hydrogens is 394 g/mol. The van der Waals surface area contributed by atoms with Crippen molar-refractivity contribution < 1.29 is 0 Å². The van der Waals surface area contributed by atoms with Crippen LogP contribution >= 0.6 is 0 Å². The maximum Gasteiger partial charge on any atom is 0.259 e. The molecule has 154 valence electrons. The Hall–Kier alpha value is -4.18. The Morgan fingerprint density at radius 1 is 0.750 bits per heavy atom. The van der Waals surface area contributed by atoms with Crippen LogP contribution in [0.2, 0.25) is 0 Å². The number of hydrogen-bond donors (Lipinski definition) is 0. The molecule has 0 N–H and O–H groups in total. The second-order valence-corrected chi connectivity index (χ2v) is 8.19. The molecule has 0 aliphatic carbocycles. The summed E-state index contributed by atoms with van der Waals surface area (Å²) in [5, 5.41) is 4.55. The molecule has 0 aliphatic rings. The molecule has 4 heteroatoms. The first-order chi connectivity index (χ1) is 15.6. The standard InChI is InChI=1S/C28H21N3O/c1-18-16-24(32)31-27(19-10-4-3-5-11-19)26(29-28(31)30(18)2)25-22-14-8-6-12-20(22)17-21-13-7-9-15-23(21)25/h3-17H,1-2H3. The fourth-order valence-corrected chi connectivity index (χ4v) is 4.65. The molecule has 0 spiro atoms. The van der Waals surface area contributed by atoms with Gasteiger partial charge < -0.3 is 4.57 Å². The minimum Gasteiger partial charge on any atom is -0.319 e. The lowest BCUT2D eigenvalue weighted by Crippen LogP contribution is -2.18. The van der Waals surface area contributed by atoms with E-state index < -0.39 is 0 Å². The van der Waals surface area contributed by atoms with Gasteiger partial charge in [-0.15, -0.1) is 0 Å². The summed E-state index contributed by atoms with van der Waals surface area (Å²) in [4.78, 5) is 18.3. The number of aromatic nitrogens is 3. The lowest BCUT2D eigenvalue weighted by molar-refractivity contribution is 0.830. The number of imidazole rings is 1. The van der Waals surface area contributed by atoms with E-state index in [9.17, 15) is 4.79 Å². The minimum atomic E-state index is -0.0715. The molecule has 0 aliphatic heterocycles. The van der Waals surface area contributed by atoms with Crippen LogP contribution < -0.4 is 5.56 Å². The molecule has 6 rings (SSSR count). The number of nitrogens with zero attached hydrogens (tertiary/aromatic N) is 3. The second-order valence-electron chi connectivity index (χ2n) is 8.19. The van der Waals surface area contributed by atoms with Crippen molar-refractivity contribution in [1.82, 2.24) is 14.0 Å². The average molecular weight is 415 g/mol. The highest BCUT2D eigenvalue weighted by Crippen LogP contribution is 2.40. The molecule has 0 radical (unpaired) electrons. The monoisotopic (exact) mass is 415 g/mol. The van der Waals surface area contributed by atoms with Gasteiger partial charge in [0.05, 0.1) is 5.69 Å².